The second-order valence-corrected chi connectivity index (χ2v) is 17.9. The molecule has 0 spiro atoms. The molecule has 9 aromatic carbocycles. The first kappa shape index (κ1) is 42.6. The van der Waals surface area contributed by atoms with Crippen molar-refractivity contribution in [2.75, 3.05) is 13.3 Å². The van der Waals surface area contributed by atoms with Crippen LogP contribution in [0.25, 0.3) is 43.1 Å². The van der Waals surface area contributed by atoms with Crippen LogP contribution in [0.4, 0.5) is 0 Å². The van der Waals surface area contributed by atoms with Crippen LogP contribution in [0.3, 0.4) is 0 Å². The smallest absolute Gasteiger partial charge is 0.366 e. The molecule has 0 N–H and O–H groups in total. The fourth-order valence-corrected chi connectivity index (χ4v) is 11.9. The van der Waals surface area contributed by atoms with E-state index in [1.165, 1.54) is 32.2 Å². The molecule has 0 aliphatic carbocycles. The van der Waals surface area contributed by atoms with Gasteiger partial charge in [-0.3, -0.25) is 11.8 Å². The molecule has 278 valence electrons. The number of benzene rings is 9. The van der Waals surface area contributed by atoms with E-state index >= 15 is 0 Å². The van der Waals surface area contributed by atoms with Gasteiger partial charge in [0.05, 0.1) is 39.8 Å². The third kappa shape index (κ3) is 9.53. The largest absolute Gasteiger partial charge is 1.00 e. The van der Waals surface area contributed by atoms with Gasteiger partial charge in [-0.25, -0.2) is 0 Å². The van der Waals surface area contributed by atoms with E-state index in [1.54, 1.807) is 10.6 Å². The Labute approximate surface area is 365 Å². The molecule has 0 aliphatic heterocycles. The predicted molar refractivity (Wildman–Crippen MR) is 242 cm³/mol. The molecule has 0 amide bonds. The molecule has 4 heteroatoms. The number of rotatable bonds is 4. The van der Waals surface area contributed by atoms with E-state index in [4.69, 9.17) is 12.8 Å². The van der Waals surface area contributed by atoms with E-state index in [1.807, 2.05) is 72.8 Å². The summed E-state index contributed by atoms with van der Waals surface area (Å²) in [5.74, 6) is 5.02. The SMILES string of the molecule is C[PH+](c1ccccc1)c1ccccc1[PH+](C)c1ccccc1.[Au+].[Au+].[C-]#Cc1cc2ccccc2c2ccccc12.[C-]#Cc1cc2ccccc2c2ccccc12. The first-order valence-corrected chi connectivity index (χ1v) is 22.1. The van der Waals surface area contributed by atoms with Crippen LogP contribution in [-0.2, 0) is 44.8 Å². The van der Waals surface area contributed by atoms with Gasteiger partial charge in [-0.1, -0.05) is 156 Å². The molecule has 0 aliphatic rings. The Bertz CT molecular complexity index is 2590. The zero-order chi connectivity index (χ0) is 37.3. The molecule has 0 radical (unpaired) electrons. The molecule has 0 aromatic heterocycles. The average Bonchev–Trinajstić information content (AvgIpc) is 3.26. The van der Waals surface area contributed by atoms with Crippen molar-refractivity contribution in [1.82, 2.24) is 0 Å². The minimum absolute atomic E-state index is 0. The second kappa shape index (κ2) is 20.6. The molecule has 56 heavy (non-hydrogen) atoms. The Morgan fingerprint density at radius 1 is 0.339 bits per heavy atom. The van der Waals surface area contributed by atoms with Crippen molar-refractivity contribution in [3.63, 3.8) is 0 Å². The van der Waals surface area contributed by atoms with Gasteiger partial charge < -0.3 is 12.8 Å². The van der Waals surface area contributed by atoms with Gasteiger partial charge >= 0.3 is 44.8 Å². The van der Waals surface area contributed by atoms with Gasteiger partial charge in [-0.15, -0.1) is 23.3 Å². The monoisotopic (exact) mass is 1120 g/mol. The molecule has 2 atom stereocenters. The van der Waals surface area contributed by atoms with Crippen LogP contribution >= 0.6 is 15.8 Å². The Hall–Kier alpha value is -4.52. The van der Waals surface area contributed by atoms with Crippen LogP contribution < -0.4 is 21.2 Å². The van der Waals surface area contributed by atoms with Crippen LogP contribution in [0.2, 0.25) is 0 Å². The summed E-state index contributed by atoms with van der Waals surface area (Å²) in [5.41, 5.74) is 1.71. The molecule has 0 heterocycles. The summed E-state index contributed by atoms with van der Waals surface area (Å²) in [7, 11) is -1.40. The van der Waals surface area contributed by atoms with Gasteiger partial charge in [0.25, 0.3) is 0 Å². The van der Waals surface area contributed by atoms with Crippen molar-refractivity contribution < 1.29 is 44.8 Å². The molecule has 0 nitrogen and oxygen atoms in total. The summed E-state index contributed by atoms with van der Waals surface area (Å²) in [6, 6.07) is 67.8. The van der Waals surface area contributed by atoms with Crippen molar-refractivity contribution in [1.29, 1.82) is 0 Å². The topological polar surface area (TPSA) is 0 Å². The van der Waals surface area contributed by atoms with Crippen molar-refractivity contribution in [2.24, 2.45) is 0 Å². The summed E-state index contributed by atoms with van der Waals surface area (Å²) in [6.07, 6.45) is 14.7. The van der Waals surface area contributed by atoms with Crippen molar-refractivity contribution in [3.8, 4) is 11.8 Å². The maximum absolute atomic E-state index is 7.35. The molecule has 0 saturated heterocycles. The molecular weight excluding hydrogens is 1080 g/mol. The normalized spacial score (nSPS) is 11.3. The number of fused-ring (bicyclic) bond motifs is 6. The van der Waals surface area contributed by atoms with Crippen molar-refractivity contribution >= 4 is 80.2 Å². The van der Waals surface area contributed by atoms with Crippen LogP contribution in [-0.4, -0.2) is 13.3 Å². The van der Waals surface area contributed by atoms with Gasteiger partial charge in [0, 0.05) is 0 Å². The summed E-state index contributed by atoms with van der Waals surface area (Å²) in [4.78, 5) is 0. The summed E-state index contributed by atoms with van der Waals surface area (Å²) in [5, 5.41) is 15.5. The molecule has 9 rings (SSSR count). The molecule has 2 unspecified atom stereocenters. The van der Waals surface area contributed by atoms with E-state index in [-0.39, 0.29) is 44.8 Å². The van der Waals surface area contributed by atoms with E-state index in [9.17, 15) is 0 Å². The van der Waals surface area contributed by atoms with Crippen molar-refractivity contribution in [3.05, 3.63) is 218 Å². The van der Waals surface area contributed by atoms with Crippen LogP contribution in [0.1, 0.15) is 11.1 Å². The van der Waals surface area contributed by atoms with Crippen LogP contribution in [0.15, 0.2) is 194 Å². The minimum Gasteiger partial charge on any atom is -0.366 e. The van der Waals surface area contributed by atoms with Gasteiger partial charge in [0.1, 0.15) is 10.6 Å². The maximum atomic E-state index is 7.35. The van der Waals surface area contributed by atoms with E-state index < -0.39 is 15.8 Å². The van der Waals surface area contributed by atoms with Crippen LogP contribution in [0, 0.1) is 24.7 Å². The quantitative estimate of drug-likeness (QED) is 0.0542. The Kier molecular flexibility index (Phi) is 15.7. The third-order valence-corrected chi connectivity index (χ3v) is 15.1. The molecule has 0 saturated carbocycles. The zero-order valence-electron chi connectivity index (χ0n) is 31.1. The van der Waals surface area contributed by atoms with Crippen molar-refractivity contribution in [2.45, 2.75) is 0 Å². The van der Waals surface area contributed by atoms with E-state index in [2.05, 4.69) is 146 Å². The Balaban J connectivity index is 0.000000161. The maximum Gasteiger partial charge on any atom is 1.00 e. The minimum atomic E-state index is -0.701. The molecule has 0 fully saturated rings. The predicted octanol–water partition coefficient (Wildman–Crippen LogP) is 11.1. The second-order valence-electron chi connectivity index (χ2n) is 13.2. The van der Waals surface area contributed by atoms with Gasteiger partial charge in [0.15, 0.2) is 0 Å². The summed E-state index contributed by atoms with van der Waals surface area (Å²) >= 11 is 0. The van der Waals surface area contributed by atoms with Crippen LogP contribution in [0.5, 0.6) is 0 Å². The standard InChI is InChI=1S/C20H20P2.2C16H9.2Au/c1-21(17-11-5-3-6-12-17)19-15-9-10-16-20(19)22(2)18-13-7-4-8-14-18;2*1-2-12-11-13-7-3-4-9-15(13)16-10-6-5-8-14(12)16;;/h3-16H,1-2H3;2*3-11H;;/q;2*-1;2*+1/p+2. The fraction of sp³-hybridized carbons (Fsp3) is 0.0385. The molecule has 9 aromatic rings. The third-order valence-electron chi connectivity index (χ3n) is 9.95. The summed E-state index contributed by atoms with van der Waals surface area (Å²) in [6.45, 7) is 4.83. The Morgan fingerprint density at radius 3 is 0.982 bits per heavy atom. The van der Waals surface area contributed by atoms with Gasteiger partial charge in [0.2, 0.25) is 0 Å². The number of hydrogen-bond donors (Lipinski definition) is 0. The first-order valence-electron chi connectivity index (χ1n) is 18.1. The molecule has 0 bridgehead atoms. The van der Waals surface area contributed by atoms with Gasteiger partial charge in [-0.05, 0) is 68.7 Å². The summed E-state index contributed by atoms with van der Waals surface area (Å²) < 4.78 is 0. The van der Waals surface area contributed by atoms with E-state index in [0.29, 0.717) is 0 Å². The zero-order valence-corrected chi connectivity index (χ0v) is 37.4. The fourth-order valence-electron chi connectivity index (χ4n) is 7.14. The molecular formula is C52H40Au2P2+2. The number of hydrogen-bond acceptors (Lipinski definition) is 0. The first-order chi connectivity index (χ1) is 26.6. The van der Waals surface area contributed by atoms with Gasteiger partial charge in [-0.2, -0.15) is 0 Å². The Morgan fingerprint density at radius 2 is 0.625 bits per heavy atom. The van der Waals surface area contributed by atoms with E-state index in [0.717, 1.165) is 32.7 Å². The average molecular weight is 1120 g/mol.